The summed E-state index contributed by atoms with van der Waals surface area (Å²) in [6.45, 7) is 0. The van der Waals surface area contributed by atoms with Crippen molar-refractivity contribution < 1.29 is 35.9 Å². The Labute approximate surface area is 206 Å². The van der Waals surface area contributed by atoms with Crippen LogP contribution in [0.25, 0.3) is 11.1 Å². The zero-order chi connectivity index (χ0) is 25.7. The van der Waals surface area contributed by atoms with Gasteiger partial charge >= 0.3 is 21.3 Å². The van der Waals surface area contributed by atoms with Gasteiger partial charge in [0.05, 0.1) is 11.1 Å². The van der Waals surface area contributed by atoms with Gasteiger partial charge in [-0.25, -0.2) is 0 Å². The Hall–Kier alpha value is -3.44. The van der Waals surface area contributed by atoms with Crippen molar-refractivity contribution in [2.24, 2.45) is 11.8 Å². The Kier molecular flexibility index (Phi) is 6.00. The molecule has 36 heavy (non-hydrogen) atoms. The Morgan fingerprint density at radius 2 is 1.42 bits per heavy atom. The number of nitrogens with one attached hydrogen (secondary N) is 1. The molecular weight excluding hydrogens is 494 g/mol. The number of fused-ring (bicyclic) bond motifs is 2. The van der Waals surface area contributed by atoms with E-state index in [0.717, 1.165) is 19.3 Å². The predicted molar refractivity (Wildman–Crippen MR) is 124 cm³/mol. The van der Waals surface area contributed by atoms with Crippen LogP contribution in [0.2, 0.25) is 0 Å². The zero-order valence-corrected chi connectivity index (χ0v) is 19.7. The van der Waals surface area contributed by atoms with E-state index < -0.39 is 39.1 Å². The van der Waals surface area contributed by atoms with Crippen molar-refractivity contribution in [2.75, 3.05) is 0 Å². The highest BCUT2D eigenvalue weighted by atomic mass is 32.2. The summed E-state index contributed by atoms with van der Waals surface area (Å²) >= 11 is 0. The monoisotopic (exact) mass is 516 g/mol. The van der Waals surface area contributed by atoms with E-state index in [1.165, 1.54) is 24.3 Å². The van der Waals surface area contributed by atoms with Crippen LogP contribution in [-0.2, 0) is 28.8 Å². The molecule has 188 valence electrons. The molecule has 0 aromatic heterocycles. The van der Waals surface area contributed by atoms with Gasteiger partial charge in [-0.05, 0) is 42.2 Å². The quantitative estimate of drug-likeness (QED) is 0.567. The van der Waals surface area contributed by atoms with Gasteiger partial charge in [0.1, 0.15) is 0 Å². The maximum atomic E-state index is 14.9. The SMILES string of the molecule is O=C1C(c2ccccc2)=C(c2ccccc2)C(=O)N1OS(=O)(=O)C(F)(F)C(=O)NC1CC2CCC1C2. The number of rotatable bonds is 7. The van der Waals surface area contributed by atoms with Crippen LogP contribution in [0.5, 0.6) is 0 Å². The zero-order valence-electron chi connectivity index (χ0n) is 18.9. The average Bonchev–Trinajstić information content (AvgIpc) is 3.55. The van der Waals surface area contributed by atoms with Crippen LogP contribution in [0, 0.1) is 11.8 Å². The van der Waals surface area contributed by atoms with E-state index in [9.17, 15) is 31.6 Å². The van der Waals surface area contributed by atoms with Crippen LogP contribution in [0.4, 0.5) is 8.78 Å². The first-order chi connectivity index (χ1) is 17.1. The van der Waals surface area contributed by atoms with Crippen LogP contribution in [0.3, 0.4) is 0 Å². The van der Waals surface area contributed by atoms with Crippen molar-refractivity contribution in [1.29, 1.82) is 0 Å². The molecule has 3 atom stereocenters. The largest absolute Gasteiger partial charge is 0.448 e. The summed E-state index contributed by atoms with van der Waals surface area (Å²) < 4.78 is 59.2. The van der Waals surface area contributed by atoms with E-state index in [1.54, 1.807) is 36.4 Å². The van der Waals surface area contributed by atoms with Crippen LogP contribution < -0.4 is 5.32 Å². The van der Waals surface area contributed by atoms with Gasteiger partial charge in [-0.3, -0.25) is 14.4 Å². The topological polar surface area (TPSA) is 110 Å². The number of hydrogen-bond acceptors (Lipinski definition) is 6. The molecule has 11 heteroatoms. The number of nitrogens with zero attached hydrogens (tertiary/aromatic N) is 1. The summed E-state index contributed by atoms with van der Waals surface area (Å²) in [5.74, 6) is -4.18. The van der Waals surface area contributed by atoms with Crippen molar-refractivity contribution in [3.05, 3.63) is 71.8 Å². The minimum absolute atomic E-state index is 0.0196. The molecule has 2 fully saturated rings. The van der Waals surface area contributed by atoms with Crippen LogP contribution in [0.15, 0.2) is 60.7 Å². The van der Waals surface area contributed by atoms with Crippen LogP contribution in [0.1, 0.15) is 36.8 Å². The second-order valence-electron chi connectivity index (χ2n) is 9.19. The Morgan fingerprint density at radius 1 is 0.889 bits per heavy atom. The third kappa shape index (κ3) is 4.01. The van der Waals surface area contributed by atoms with Gasteiger partial charge in [-0.15, -0.1) is 9.35 Å². The summed E-state index contributed by atoms with van der Waals surface area (Å²) in [6.07, 6.45) is 3.03. The lowest BCUT2D eigenvalue weighted by Crippen LogP contribution is -2.52. The number of carbonyl (C=O) groups excluding carboxylic acids is 3. The van der Waals surface area contributed by atoms with Gasteiger partial charge in [-0.2, -0.15) is 17.2 Å². The third-order valence-electron chi connectivity index (χ3n) is 6.98. The summed E-state index contributed by atoms with van der Waals surface area (Å²) in [4.78, 5) is 38.6. The number of alkyl halides is 2. The highest BCUT2D eigenvalue weighted by molar-refractivity contribution is 7.88. The van der Waals surface area contributed by atoms with Gasteiger partial charge in [0.25, 0.3) is 11.8 Å². The molecule has 1 N–H and O–H groups in total. The maximum absolute atomic E-state index is 14.9. The smallest absolute Gasteiger partial charge is 0.347 e. The summed E-state index contributed by atoms with van der Waals surface area (Å²) in [6, 6.07) is 15.2. The fraction of sp³-hybridized carbons (Fsp3) is 0.320. The molecule has 2 saturated carbocycles. The van der Waals surface area contributed by atoms with Crippen molar-refractivity contribution >= 4 is 39.0 Å². The van der Waals surface area contributed by atoms with Crippen molar-refractivity contribution in [3.8, 4) is 0 Å². The molecule has 0 saturated heterocycles. The number of halogens is 2. The van der Waals surface area contributed by atoms with Crippen molar-refractivity contribution in [1.82, 2.24) is 10.4 Å². The van der Waals surface area contributed by atoms with E-state index in [-0.39, 0.29) is 33.3 Å². The lowest BCUT2D eigenvalue weighted by Gasteiger charge is -2.25. The molecule has 5 rings (SSSR count). The summed E-state index contributed by atoms with van der Waals surface area (Å²) in [5.41, 5.74) is 0.103. The molecular formula is C25H22F2N2O6S. The minimum atomic E-state index is -6.06. The van der Waals surface area contributed by atoms with Gasteiger partial charge in [-0.1, -0.05) is 67.1 Å². The van der Waals surface area contributed by atoms with E-state index in [4.69, 9.17) is 0 Å². The Morgan fingerprint density at radius 3 is 1.86 bits per heavy atom. The molecule has 0 spiro atoms. The molecule has 8 nitrogen and oxygen atoms in total. The number of hydrogen-bond donors (Lipinski definition) is 1. The fourth-order valence-electron chi connectivity index (χ4n) is 5.25. The van der Waals surface area contributed by atoms with E-state index in [2.05, 4.69) is 9.60 Å². The molecule has 0 radical (unpaired) electrons. The predicted octanol–water partition coefficient (Wildman–Crippen LogP) is 3.13. The molecule has 2 bridgehead atoms. The molecule has 2 aliphatic carbocycles. The molecule has 3 amide bonds. The summed E-state index contributed by atoms with van der Waals surface area (Å²) in [5, 5.41) is -3.13. The fourth-order valence-corrected chi connectivity index (χ4v) is 5.97. The number of imide groups is 1. The van der Waals surface area contributed by atoms with Crippen LogP contribution >= 0.6 is 0 Å². The van der Waals surface area contributed by atoms with E-state index in [0.29, 0.717) is 12.3 Å². The standard InChI is InChI=1S/C25H22F2N2O6S/c26-25(27,24(32)28-19-14-15-11-12-18(19)13-15)36(33,34)35-29-22(30)20(16-7-3-1-4-8-16)21(23(29)31)17-9-5-2-6-10-17/h1-10,15,18-19H,11-14H2,(H,28,32). The van der Waals surface area contributed by atoms with Crippen molar-refractivity contribution in [3.63, 3.8) is 0 Å². The minimum Gasteiger partial charge on any atom is -0.347 e. The van der Waals surface area contributed by atoms with E-state index >= 15 is 0 Å². The molecule has 1 aliphatic heterocycles. The van der Waals surface area contributed by atoms with Gasteiger partial charge in [0, 0.05) is 6.04 Å². The first kappa shape index (κ1) is 24.3. The Bertz CT molecular complexity index is 1300. The van der Waals surface area contributed by atoms with Crippen molar-refractivity contribution in [2.45, 2.75) is 37.0 Å². The third-order valence-corrected chi connectivity index (χ3v) is 8.14. The molecule has 3 unspecified atom stereocenters. The first-order valence-electron chi connectivity index (χ1n) is 11.5. The van der Waals surface area contributed by atoms with Crippen LogP contribution in [-0.4, -0.2) is 42.5 Å². The molecule has 1 heterocycles. The highest BCUT2D eigenvalue weighted by Gasteiger charge is 2.58. The normalized spacial score (nSPS) is 24.1. The Balaban J connectivity index is 1.42. The number of amides is 3. The lowest BCUT2D eigenvalue weighted by atomic mass is 9.95. The summed E-state index contributed by atoms with van der Waals surface area (Å²) in [7, 11) is -6.06. The van der Waals surface area contributed by atoms with Gasteiger partial charge in [0.15, 0.2) is 0 Å². The lowest BCUT2D eigenvalue weighted by molar-refractivity contribution is -0.163. The maximum Gasteiger partial charge on any atom is 0.448 e. The molecule has 2 aromatic carbocycles. The number of hydroxylamine groups is 2. The number of carbonyl (C=O) groups is 3. The second-order valence-corrected chi connectivity index (χ2v) is 10.8. The highest BCUT2D eigenvalue weighted by Crippen LogP contribution is 2.45. The molecule has 2 aromatic rings. The van der Waals surface area contributed by atoms with Gasteiger partial charge in [0.2, 0.25) is 0 Å². The second kappa shape index (κ2) is 8.90. The number of benzene rings is 2. The first-order valence-corrected chi connectivity index (χ1v) is 12.9. The van der Waals surface area contributed by atoms with E-state index in [1.807, 2.05) is 0 Å². The molecule has 3 aliphatic rings. The van der Waals surface area contributed by atoms with Gasteiger partial charge < -0.3 is 5.32 Å². The average molecular weight is 517 g/mol.